The second-order valence-electron chi connectivity index (χ2n) is 18.9. The van der Waals surface area contributed by atoms with Crippen LogP contribution < -0.4 is 0 Å². The van der Waals surface area contributed by atoms with Gasteiger partial charge in [-0.2, -0.15) is 0 Å². The number of aliphatic hydroxyl groups excluding tert-OH is 7. The SMILES string of the molecule is CCC(C)CCCCCCCCCCCCC(=O)OCC(O)CO[C@H]1O[C@H](COC(=O)CCCCCCCCCCCCC(C)CC)[C@@H](O)[C@H](O[C@H]2O[C@H](CO)[C@@H](O)[C@H](O)[C@H]2O)[C@@H]1O. The minimum atomic E-state index is -1.83. The molecule has 2 heterocycles. The molecule has 7 N–H and O–H groups in total. The minimum Gasteiger partial charge on any atom is -0.463 e. The van der Waals surface area contributed by atoms with Crippen LogP contribution in [0.1, 0.15) is 195 Å². The number of unbranched alkanes of at least 4 members (excludes halogenated alkanes) is 18. The van der Waals surface area contributed by atoms with Gasteiger partial charge in [0.1, 0.15) is 68.1 Å². The summed E-state index contributed by atoms with van der Waals surface area (Å²) in [6.45, 7) is 7.13. The van der Waals surface area contributed by atoms with Gasteiger partial charge in [0.15, 0.2) is 12.6 Å². The molecule has 0 saturated carbocycles. The van der Waals surface area contributed by atoms with Crippen molar-refractivity contribution < 1.29 is 73.8 Å². The normalized spacial score (nSPS) is 27.5. The molecule has 15 heteroatoms. The fourth-order valence-corrected chi connectivity index (χ4v) is 8.20. The number of esters is 2. The Labute approximate surface area is 385 Å². The monoisotopic (exact) mass is 921 g/mol. The van der Waals surface area contributed by atoms with Gasteiger partial charge in [-0.1, -0.05) is 169 Å². The predicted molar refractivity (Wildman–Crippen MR) is 243 cm³/mol. The standard InChI is InChI=1S/C49H92O15/c1-5-35(3)27-23-19-15-11-7-9-13-17-21-25-29-40(52)59-32-37(51)33-61-48-46(58)47(64-49-45(57)44(56)42(54)38(31-50)62-49)43(55)39(63-48)34-60-41(53)30-26-22-18-14-10-8-12-16-20-24-28-36(4)6-2/h35-39,42-51,54-58H,5-34H2,1-4H3/t35?,36?,37?,38-,39-,42-,43-,44+,45-,46+,47+,48+,49-/m1/s1. The van der Waals surface area contributed by atoms with Crippen LogP contribution in [0.2, 0.25) is 0 Å². The Morgan fingerprint density at radius 2 is 0.953 bits per heavy atom. The molecule has 0 spiro atoms. The molecule has 0 aromatic rings. The Hall–Kier alpha value is -1.50. The van der Waals surface area contributed by atoms with E-state index in [0.717, 1.165) is 50.4 Å². The maximum Gasteiger partial charge on any atom is 0.305 e. The van der Waals surface area contributed by atoms with Gasteiger partial charge >= 0.3 is 11.9 Å². The summed E-state index contributed by atoms with van der Waals surface area (Å²) in [6, 6.07) is 0. The fourth-order valence-electron chi connectivity index (χ4n) is 8.20. The first-order valence-electron chi connectivity index (χ1n) is 25.4. The van der Waals surface area contributed by atoms with E-state index in [4.69, 9.17) is 28.4 Å². The molecule has 0 amide bonds. The fraction of sp³-hybridized carbons (Fsp3) is 0.959. The van der Waals surface area contributed by atoms with Gasteiger partial charge in [-0.05, 0) is 24.7 Å². The van der Waals surface area contributed by atoms with Crippen molar-refractivity contribution in [3.8, 4) is 0 Å². The summed E-state index contributed by atoms with van der Waals surface area (Å²) in [7, 11) is 0. The molecule has 2 aliphatic heterocycles. The highest BCUT2D eigenvalue weighted by Gasteiger charge is 2.51. The molecule has 3 unspecified atom stereocenters. The van der Waals surface area contributed by atoms with Crippen molar-refractivity contribution in [3.63, 3.8) is 0 Å². The lowest BCUT2D eigenvalue weighted by Gasteiger charge is -2.46. The summed E-state index contributed by atoms with van der Waals surface area (Å²) in [6.07, 6.45) is 10.7. The summed E-state index contributed by atoms with van der Waals surface area (Å²) >= 11 is 0. The minimum absolute atomic E-state index is 0.163. The average Bonchev–Trinajstić information content (AvgIpc) is 3.29. The molecule has 0 aromatic heterocycles. The highest BCUT2D eigenvalue weighted by atomic mass is 16.7. The van der Waals surface area contributed by atoms with Crippen molar-refractivity contribution in [1.29, 1.82) is 0 Å². The van der Waals surface area contributed by atoms with Crippen molar-refractivity contribution in [2.24, 2.45) is 11.8 Å². The zero-order valence-electron chi connectivity index (χ0n) is 40.1. The average molecular weight is 921 g/mol. The van der Waals surface area contributed by atoms with Crippen molar-refractivity contribution in [2.45, 2.75) is 262 Å². The van der Waals surface area contributed by atoms with E-state index in [0.29, 0.717) is 12.8 Å². The molecule has 378 valence electrons. The molecule has 15 nitrogen and oxygen atoms in total. The van der Waals surface area contributed by atoms with Gasteiger partial charge < -0.3 is 64.2 Å². The molecular formula is C49H92O15. The number of hydrogen-bond donors (Lipinski definition) is 7. The van der Waals surface area contributed by atoms with Gasteiger partial charge in [0.2, 0.25) is 0 Å². The molecule has 2 fully saturated rings. The van der Waals surface area contributed by atoms with E-state index in [1.165, 1.54) is 103 Å². The van der Waals surface area contributed by atoms with E-state index in [-0.39, 0.29) is 19.4 Å². The van der Waals surface area contributed by atoms with Crippen molar-refractivity contribution >= 4 is 11.9 Å². The molecular weight excluding hydrogens is 829 g/mol. The van der Waals surface area contributed by atoms with Crippen molar-refractivity contribution in [1.82, 2.24) is 0 Å². The molecule has 2 rings (SSSR count). The highest BCUT2D eigenvalue weighted by Crippen LogP contribution is 2.30. The van der Waals surface area contributed by atoms with Crippen LogP contribution in [0, 0.1) is 11.8 Å². The summed E-state index contributed by atoms with van der Waals surface area (Å²) in [5.74, 6) is 0.689. The molecule has 0 aromatic carbocycles. The summed E-state index contributed by atoms with van der Waals surface area (Å²) in [4.78, 5) is 25.1. The van der Waals surface area contributed by atoms with Gasteiger partial charge in [0.25, 0.3) is 0 Å². The Morgan fingerprint density at radius 3 is 1.42 bits per heavy atom. The largest absolute Gasteiger partial charge is 0.463 e. The second kappa shape index (κ2) is 35.6. The van der Waals surface area contributed by atoms with Crippen LogP contribution in [-0.4, -0.2) is 142 Å². The molecule has 64 heavy (non-hydrogen) atoms. The third kappa shape index (κ3) is 24.5. The van der Waals surface area contributed by atoms with Crippen LogP contribution in [0.4, 0.5) is 0 Å². The number of rotatable bonds is 38. The molecule has 0 bridgehead atoms. The summed E-state index contributed by atoms with van der Waals surface area (Å²) < 4.78 is 33.3. The number of carbonyl (C=O) groups excluding carboxylic acids is 2. The predicted octanol–water partition coefficient (Wildman–Crippen LogP) is 6.54. The first kappa shape index (κ1) is 58.6. The molecule has 2 aliphatic rings. The molecule has 2 saturated heterocycles. The zero-order chi connectivity index (χ0) is 47.1. The Morgan fingerprint density at radius 1 is 0.516 bits per heavy atom. The van der Waals surface area contributed by atoms with E-state index >= 15 is 0 Å². The maximum atomic E-state index is 12.7. The van der Waals surface area contributed by atoms with Crippen molar-refractivity contribution in [2.75, 3.05) is 26.4 Å². The number of ether oxygens (including phenoxy) is 6. The van der Waals surface area contributed by atoms with Gasteiger partial charge in [-0.15, -0.1) is 0 Å². The quantitative estimate of drug-likeness (QED) is 0.0258. The zero-order valence-corrected chi connectivity index (χ0v) is 40.1. The van der Waals surface area contributed by atoms with Crippen LogP contribution in [0.5, 0.6) is 0 Å². The van der Waals surface area contributed by atoms with Crippen molar-refractivity contribution in [3.05, 3.63) is 0 Å². The van der Waals surface area contributed by atoms with E-state index in [9.17, 15) is 45.3 Å². The maximum absolute atomic E-state index is 12.7. The lowest BCUT2D eigenvalue weighted by atomic mass is 9.97. The summed E-state index contributed by atoms with van der Waals surface area (Å²) in [5, 5.41) is 73.8. The number of aliphatic hydroxyl groups is 7. The third-order valence-electron chi connectivity index (χ3n) is 13.1. The smallest absolute Gasteiger partial charge is 0.305 e. The molecule has 0 radical (unpaired) electrons. The van der Waals surface area contributed by atoms with Crippen LogP contribution in [0.25, 0.3) is 0 Å². The van der Waals surface area contributed by atoms with E-state index in [1.807, 2.05) is 0 Å². The van der Waals surface area contributed by atoms with Gasteiger partial charge in [-0.25, -0.2) is 0 Å². The van der Waals surface area contributed by atoms with Gasteiger partial charge in [0.05, 0.1) is 13.2 Å². The van der Waals surface area contributed by atoms with Crippen LogP contribution in [0.15, 0.2) is 0 Å². The van der Waals surface area contributed by atoms with Gasteiger partial charge in [0, 0.05) is 12.8 Å². The number of hydrogen-bond acceptors (Lipinski definition) is 15. The lowest BCUT2D eigenvalue weighted by Crippen LogP contribution is -2.65. The molecule has 13 atom stereocenters. The first-order valence-corrected chi connectivity index (χ1v) is 25.4. The van der Waals surface area contributed by atoms with Gasteiger partial charge in [-0.3, -0.25) is 9.59 Å². The van der Waals surface area contributed by atoms with Crippen LogP contribution in [0.3, 0.4) is 0 Å². The number of carbonyl (C=O) groups is 2. The van der Waals surface area contributed by atoms with E-state index in [2.05, 4.69) is 27.7 Å². The third-order valence-corrected chi connectivity index (χ3v) is 13.1. The molecule has 0 aliphatic carbocycles. The first-order chi connectivity index (χ1) is 30.8. The topological polar surface area (TPSA) is 231 Å². The van der Waals surface area contributed by atoms with Crippen LogP contribution in [-0.2, 0) is 38.0 Å². The Kier molecular flexibility index (Phi) is 32.6. The van der Waals surface area contributed by atoms with Crippen LogP contribution >= 0.6 is 0 Å². The van der Waals surface area contributed by atoms with E-state index in [1.54, 1.807) is 0 Å². The summed E-state index contributed by atoms with van der Waals surface area (Å²) in [5.41, 5.74) is 0. The van der Waals surface area contributed by atoms with E-state index < -0.39 is 99.3 Å². The Balaban J connectivity index is 1.77. The highest BCUT2D eigenvalue weighted by molar-refractivity contribution is 5.69. The second-order valence-corrected chi connectivity index (χ2v) is 18.9. The lowest BCUT2D eigenvalue weighted by molar-refractivity contribution is -0.361. The Bertz CT molecular complexity index is 1160.